The first-order valence-electron chi connectivity index (χ1n) is 25.5. The number of primary sulfonamides is 1. The third kappa shape index (κ3) is 15.9. The molecule has 5 aromatic rings. The van der Waals surface area contributed by atoms with Gasteiger partial charge < -0.3 is 15.1 Å². The first kappa shape index (κ1) is 63.4. The van der Waals surface area contributed by atoms with E-state index in [1.165, 1.54) is 42.7 Å². The summed E-state index contributed by atoms with van der Waals surface area (Å²) < 4.78 is 127. The number of hydroxylamine groups is 1. The third-order valence-electron chi connectivity index (χ3n) is 13.6. The van der Waals surface area contributed by atoms with Crippen LogP contribution in [0.1, 0.15) is 109 Å². The SMILES string of the molecule is CC1(C)C(=CC=C(C=CC2=[N+](CCCS(=O)(=O)O)c3ccc(S(=O)(=O)O)cc3C2(C)C)c2ccc(C(=O)NCCCCCCONCc3ccc(C(=O)Nc4nnc(S(N)(=O)=O)s4)cn3)cn2)N(CCCS)c2ccc(S(=O)(=O)O)cc21. The van der Waals surface area contributed by atoms with E-state index >= 15 is 0 Å². The number of nitrogens with two attached hydrogens (primary N) is 1. The van der Waals surface area contributed by atoms with Gasteiger partial charge in [0.25, 0.3) is 52.2 Å². The number of carbonyl (C=O) groups excluding carboxylic acids is 2. The number of nitrogens with zero attached hydrogens (tertiary/aromatic N) is 6. The van der Waals surface area contributed by atoms with Crippen molar-refractivity contribution in [3.05, 3.63) is 137 Å². The van der Waals surface area contributed by atoms with Gasteiger partial charge in [0.05, 0.1) is 56.6 Å². The summed E-state index contributed by atoms with van der Waals surface area (Å²) in [6.45, 7) is 9.28. The van der Waals surface area contributed by atoms with Crippen LogP contribution in [0, 0.1) is 0 Å². The number of pyridine rings is 2. The molecule has 0 spiro atoms. The van der Waals surface area contributed by atoms with Crippen molar-refractivity contribution in [2.45, 2.75) is 97.7 Å². The number of fused-ring (bicyclic) bond motifs is 2. The van der Waals surface area contributed by atoms with Gasteiger partial charge in [-0.15, -0.1) is 10.2 Å². The molecule has 0 atom stereocenters. The topological polar surface area (TPSA) is 361 Å². The van der Waals surface area contributed by atoms with E-state index in [1.807, 2.05) is 44.4 Å². The van der Waals surface area contributed by atoms with Gasteiger partial charge in [-0.2, -0.15) is 47.9 Å². The molecule has 0 aliphatic carbocycles. The highest BCUT2D eigenvalue weighted by molar-refractivity contribution is 7.91. The Labute approximate surface area is 485 Å². The predicted octanol–water partition coefficient (Wildman–Crippen LogP) is 6.03. The molecular weight excluding hydrogens is 1180 g/mol. The highest BCUT2D eigenvalue weighted by atomic mass is 32.2. The maximum atomic E-state index is 13.4. The molecule has 3 aromatic heterocycles. The molecule has 2 aliphatic heterocycles. The van der Waals surface area contributed by atoms with Crippen LogP contribution in [0.25, 0.3) is 5.57 Å². The van der Waals surface area contributed by atoms with Crippen LogP contribution >= 0.6 is 24.0 Å². The molecule has 0 radical (unpaired) electrons. The van der Waals surface area contributed by atoms with Crippen molar-refractivity contribution in [3.63, 3.8) is 0 Å². The van der Waals surface area contributed by atoms with Crippen molar-refractivity contribution in [2.75, 3.05) is 48.0 Å². The van der Waals surface area contributed by atoms with Crippen molar-refractivity contribution >= 4 is 104 Å². The van der Waals surface area contributed by atoms with Crippen molar-refractivity contribution in [1.29, 1.82) is 0 Å². The lowest BCUT2D eigenvalue weighted by Crippen LogP contribution is -2.28. The average Bonchev–Trinajstić information content (AvgIpc) is 3.72. The minimum atomic E-state index is -4.60. The summed E-state index contributed by atoms with van der Waals surface area (Å²) in [7, 11) is -17.5. The van der Waals surface area contributed by atoms with Crippen LogP contribution in [-0.4, -0.2) is 127 Å². The summed E-state index contributed by atoms with van der Waals surface area (Å²) in [5.74, 6) is -0.878. The minimum absolute atomic E-state index is 0.00710. The van der Waals surface area contributed by atoms with Crippen LogP contribution < -0.4 is 26.2 Å². The number of allylic oxidation sites excluding steroid dienone is 6. The molecule has 440 valence electrons. The summed E-state index contributed by atoms with van der Waals surface area (Å²) >= 11 is 5.07. The summed E-state index contributed by atoms with van der Waals surface area (Å²) in [6, 6.07) is 15.1. The largest absolute Gasteiger partial charge is 0.352 e. The summed E-state index contributed by atoms with van der Waals surface area (Å²) in [5.41, 5.74) is 7.14. The molecule has 2 amide bonds. The minimum Gasteiger partial charge on any atom is -0.352 e. The molecular formula is C52H63N10O14S6+. The number of unbranched alkanes of at least 4 members (excludes halogenated alkanes) is 3. The zero-order valence-electron chi connectivity index (χ0n) is 45.0. The third-order valence-corrected chi connectivity index (χ3v) is 18.5. The molecule has 30 heteroatoms. The molecule has 0 unspecified atom stereocenters. The fourth-order valence-electron chi connectivity index (χ4n) is 9.37. The number of aromatic nitrogens is 4. The molecule has 2 aromatic carbocycles. The summed E-state index contributed by atoms with van der Waals surface area (Å²) in [4.78, 5) is 41.9. The molecule has 82 heavy (non-hydrogen) atoms. The second-order valence-corrected chi connectivity index (χ2v) is 27.7. The number of carbonyl (C=O) groups is 2. The van der Waals surface area contributed by atoms with Crippen LogP contribution in [0.15, 0.2) is 117 Å². The molecule has 0 saturated heterocycles. The molecule has 2 aliphatic rings. The van der Waals surface area contributed by atoms with Crippen LogP contribution in [0.4, 0.5) is 16.5 Å². The molecule has 5 heterocycles. The van der Waals surface area contributed by atoms with Crippen LogP contribution in [0.5, 0.6) is 0 Å². The normalized spacial score (nSPS) is 15.8. The number of anilines is 2. The lowest BCUT2D eigenvalue weighted by molar-refractivity contribution is -0.437. The van der Waals surface area contributed by atoms with Gasteiger partial charge in [-0.1, -0.05) is 44.1 Å². The Morgan fingerprint density at radius 1 is 0.793 bits per heavy atom. The first-order chi connectivity index (χ1) is 38.5. The number of thiol groups is 1. The summed E-state index contributed by atoms with van der Waals surface area (Å²) in [5, 5.41) is 17.4. The van der Waals surface area contributed by atoms with E-state index in [9.17, 15) is 56.9 Å². The maximum Gasteiger partial charge on any atom is 0.294 e. The van der Waals surface area contributed by atoms with Crippen molar-refractivity contribution in [2.24, 2.45) is 5.14 Å². The Hall–Kier alpha value is -6.16. The van der Waals surface area contributed by atoms with E-state index in [2.05, 4.69) is 48.8 Å². The fourth-order valence-corrected chi connectivity index (χ4v) is 12.3. The fraction of sp³-hybridized carbons (Fsp3) is 0.365. The van der Waals surface area contributed by atoms with E-state index in [-0.39, 0.29) is 45.9 Å². The molecule has 0 fully saturated rings. The second kappa shape index (κ2) is 26.2. The zero-order chi connectivity index (χ0) is 59.8. The Kier molecular flexibility index (Phi) is 20.3. The van der Waals surface area contributed by atoms with Crippen molar-refractivity contribution in [3.8, 4) is 0 Å². The van der Waals surface area contributed by atoms with E-state index in [0.717, 1.165) is 30.6 Å². The standard InChI is InChI=1S/C52H62N10O14S6/c1-51(2)40-29-38(81(70,71)72)16-19-43(40)61(24-9-27-77)45(51)21-13-34(14-22-46-52(3,4)41-30-39(82(73,74)75)17-20-44(41)62(46)25-10-28-79(65,66)67)42-18-12-35(32-56-42)47(63)54-23-7-5-6-8-26-76-57-33-37-15-11-36(31-55-37)48(64)58-49-59-60-50(78-49)80(53,68)69/h11-22,29-32,57H,5-10,23-28,33H2,1-4H3,(H7-,53,54,58,59,63,64,65,66,67,68,69,70,71,72,73,74,75,77)/p+1. The number of sulfonamides is 1. The number of hydrogen-bond donors (Lipinski definition) is 8. The second-order valence-electron chi connectivity index (χ2n) is 20.2. The van der Waals surface area contributed by atoms with Crippen LogP contribution in [-0.2, 0) is 62.6 Å². The maximum absolute atomic E-state index is 13.4. The molecule has 24 nitrogen and oxygen atoms in total. The van der Waals surface area contributed by atoms with Crippen molar-refractivity contribution in [1.82, 2.24) is 31.0 Å². The quantitative estimate of drug-likeness (QED) is 0.00566. The Balaban J connectivity index is 1.02. The van der Waals surface area contributed by atoms with E-state index < -0.39 is 67.2 Å². The van der Waals surface area contributed by atoms with Gasteiger partial charge in [0.15, 0.2) is 5.71 Å². The number of nitrogens with one attached hydrogen (secondary N) is 3. The van der Waals surface area contributed by atoms with Gasteiger partial charge in [-0.25, -0.2) is 13.6 Å². The Morgan fingerprint density at radius 2 is 1.46 bits per heavy atom. The van der Waals surface area contributed by atoms with E-state index in [0.29, 0.717) is 94.7 Å². The van der Waals surface area contributed by atoms with Crippen molar-refractivity contribution < 1.29 is 66.3 Å². The predicted molar refractivity (Wildman–Crippen MR) is 312 cm³/mol. The smallest absolute Gasteiger partial charge is 0.294 e. The first-order valence-corrected chi connectivity index (χ1v) is 33.0. The number of benzene rings is 2. The van der Waals surface area contributed by atoms with Gasteiger partial charge in [0.1, 0.15) is 6.54 Å². The number of hydrogen-bond acceptors (Lipinski definition) is 19. The van der Waals surface area contributed by atoms with E-state index in [4.69, 9.17) is 15.0 Å². The van der Waals surface area contributed by atoms with Gasteiger partial charge in [0.2, 0.25) is 15.2 Å². The average molecular weight is 1240 g/mol. The molecule has 8 N–H and O–H groups in total. The van der Waals surface area contributed by atoms with Gasteiger partial charge >= 0.3 is 0 Å². The Morgan fingerprint density at radius 3 is 2.10 bits per heavy atom. The zero-order valence-corrected chi connectivity index (χ0v) is 50.0. The van der Waals surface area contributed by atoms with Crippen LogP contribution in [0.2, 0.25) is 0 Å². The molecule has 0 saturated carbocycles. The highest BCUT2D eigenvalue weighted by Gasteiger charge is 2.45. The number of amides is 2. The van der Waals surface area contributed by atoms with Gasteiger partial charge in [-0.05, 0) is 111 Å². The summed E-state index contributed by atoms with van der Waals surface area (Å²) in [6.07, 6.45) is 13.8. The monoisotopic (exact) mass is 1240 g/mol. The van der Waals surface area contributed by atoms with Gasteiger partial charge in [-0.3, -0.25) is 38.5 Å². The highest BCUT2D eigenvalue weighted by Crippen LogP contribution is 2.49. The van der Waals surface area contributed by atoms with Gasteiger partial charge in [0, 0.05) is 72.0 Å². The molecule has 7 rings (SSSR count). The lowest BCUT2D eigenvalue weighted by atomic mass is 9.81. The van der Waals surface area contributed by atoms with Crippen LogP contribution in [0.3, 0.4) is 0 Å². The number of rotatable bonds is 27. The van der Waals surface area contributed by atoms with E-state index in [1.54, 1.807) is 42.5 Å². The molecule has 0 bridgehead atoms. The lowest BCUT2D eigenvalue weighted by Gasteiger charge is -2.27. The Bertz CT molecular complexity index is 3810.